The lowest BCUT2D eigenvalue weighted by Gasteiger charge is -2.24. The van der Waals surface area contributed by atoms with Gasteiger partial charge >= 0.3 is 0 Å². The van der Waals surface area contributed by atoms with E-state index in [0.717, 1.165) is 41.5 Å². The number of benzene rings is 3. The molecule has 3 aromatic heterocycles. The largest absolute Gasteiger partial charge is 0.435 e. The normalized spacial score (nSPS) is 20.8. The number of sulfonamides is 1. The van der Waals surface area contributed by atoms with E-state index in [4.69, 9.17) is 37.6 Å². The van der Waals surface area contributed by atoms with Crippen molar-refractivity contribution in [2.45, 2.75) is 62.5 Å². The Balaban J connectivity index is 0.908. The second kappa shape index (κ2) is 15.4. The van der Waals surface area contributed by atoms with Crippen LogP contribution in [0.5, 0.6) is 0 Å². The average molecular weight is 864 g/mol. The van der Waals surface area contributed by atoms with Gasteiger partial charge in [0.05, 0.1) is 38.6 Å². The molecule has 0 spiro atoms. The van der Waals surface area contributed by atoms with E-state index in [1.54, 1.807) is 6.20 Å². The summed E-state index contributed by atoms with van der Waals surface area (Å²) in [5, 5.41) is 25.0. The van der Waals surface area contributed by atoms with Crippen molar-refractivity contribution in [3.05, 3.63) is 99.3 Å². The zero-order valence-corrected chi connectivity index (χ0v) is 34.7. The number of nitrogens with zero attached hydrogens (tertiary/aromatic N) is 6. The van der Waals surface area contributed by atoms with E-state index in [9.17, 15) is 23.6 Å². The van der Waals surface area contributed by atoms with Gasteiger partial charge in [-0.15, -0.1) is 0 Å². The Morgan fingerprint density at radius 3 is 2.55 bits per heavy atom. The molecule has 2 aliphatic carbocycles. The number of aliphatic hydroxyl groups is 1. The molecule has 0 bridgehead atoms. The zero-order chi connectivity index (χ0) is 41.3. The highest BCUT2D eigenvalue weighted by atomic mass is 35.5. The number of aromatic nitrogens is 3. The highest BCUT2D eigenvalue weighted by molar-refractivity contribution is 7.90. The first-order chi connectivity index (χ1) is 29.0. The Hall–Kier alpha value is -5.14. The van der Waals surface area contributed by atoms with Crippen molar-refractivity contribution in [2.24, 2.45) is 5.92 Å². The van der Waals surface area contributed by atoms with Crippen LogP contribution in [0.15, 0.2) is 71.4 Å². The second-order valence-electron chi connectivity index (χ2n) is 16.3. The van der Waals surface area contributed by atoms with Crippen LogP contribution in [0.3, 0.4) is 0 Å². The summed E-state index contributed by atoms with van der Waals surface area (Å²) in [6.07, 6.45) is 7.24. The molecule has 3 atom stereocenters. The van der Waals surface area contributed by atoms with E-state index in [-0.39, 0.29) is 18.0 Å². The van der Waals surface area contributed by atoms with Gasteiger partial charge in [-0.3, -0.25) is 24.3 Å². The van der Waals surface area contributed by atoms with Gasteiger partial charge in [-0.1, -0.05) is 47.5 Å². The smallest absolute Gasteiger partial charge is 0.237 e. The third-order valence-corrected chi connectivity index (χ3v) is 14.9. The van der Waals surface area contributed by atoms with E-state index in [0.29, 0.717) is 112 Å². The molecule has 0 radical (unpaired) electrons. The van der Waals surface area contributed by atoms with Crippen molar-refractivity contribution >= 4 is 72.6 Å². The quantitative estimate of drug-likeness (QED) is 0.124. The molecule has 6 aromatic rings. The van der Waals surface area contributed by atoms with Crippen molar-refractivity contribution in [1.82, 2.24) is 29.5 Å². The first kappa shape index (κ1) is 39.0. The summed E-state index contributed by atoms with van der Waals surface area (Å²) in [4.78, 5) is 31.6. The molecule has 5 heterocycles. The Morgan fingerprint density at radius 1 is 0.967 bits per heavy atom. The van der Waals surface area contributed by atoms with E-state index in [1.807, 2.05) is 54.7 Å². The van der Waals surface area contributed by atoms with Crippen molar-refractivity contribution in [2.75, 3.05) is 31.5 Å². The van der Waals surface area contributed by atoms with Crippen LogP contribution in [-0.4, -0.2) is 81.7 Å². The molecular formula is C44H40Cl2N8O5S. The standard InChI is InChI=1S/C44H40Cl2N8O5S/c45-38-30(31-4-2-6-35(39(31)46)50-42-40-25(11-14-48-42)17-24(20-49-40)21-53-15-13-27(55)23-53)3-1-5-32(38)44-51-36-18-33-29(34(19-47)41(36)59-44)9-10-37(33)54-16-12-26(22-54)43(56)52-60(57,58)28-7-8-28/h1-6,11,14,17-18,20,26-28,37,55H,7-10,12-13,15-16,21-23H2,(H,48,50)(H,52,56)/t26-,27-,37-/m1/s1. The van der Waals surface area contributed by atoms with Gasteiger partial charge in [0, 0.05) is 61.1 Å². The van der Waals surface area contributed by atoms with Gasteiger partial charge in [-0.05, 0) is 92.1 Å². The molecule has 1 saturated carbocycles. The molecule has 10 rings (SSSR count). The molecule has 4 aliphatic rings. The number of carbonyl (C=O) groups excluding carboxylic acids is 1. The fraction of sp³-hybridized carbons (Fsp3) is 0.341. The second-order valence-corrected chi connectivity index (χ2v) is 19.0. The van der Waals surface area contributed by atoms with E-state index in [2.05, 4.69) is 37.0 Å². The minimum Gasteiger partial charge on any atom is -0.435 e. The van der Waals surface area contributed by atoms with Crippen LogP contribution in [0.25, 0.3) is 44.6 Å². The third-order valence-electron chi connectivity index (χ3n) is 12.3. The lowest BCUT2D eigenvalue weighted by Crippen LogP contribution is -2.38. The zero-order valence-electron chi connectivity index (χ0n) is 32.4. The number of hydrogen-bond acceptors (Lipinski definition) is 12. The highest BCUT2D eigenvalue weighted by Crippen LogP contribution is 2.46. The highest BCUT2D eigenvalue weighted by Gasteiger charge is 2.41. The summed E-state index contributed by atoms with van der Waals surface area (Å²) < 4.78 is 33.5. The summed E-state index contributed by atoms with van der Waals surface area (Å²) in [6, 6.07) is 19.5. The molecule has 3 N–H and O–H groups in total. The van der Waals surface area contributed by atoms with Gasteiger partial charge in [0.15, 0.2) is 11.4 Å². The molecule has 306 valence electrons. The number of pyridine rings is 2. The van der Waals surface area contributed by atoms with Gasteiger partial charge in [-0.2, -0.15) is 5.26 Å². The Bertz CT molecular complexity index is 2880. The van der Waals surface area contributed by atoms with Crippen molar-refractivity contribution in [1.29, 1.82) is 5.26 Å². The Labute approximate surface area is 356 Å². The summed E-state index contributed by atoms with van der Waals surface area (Å²) in [5.41, 5.74) is 7.46. The number of fused-ring (bicyclic) bond motifs is 3. The average Bonchev–Trinajstić information content (AvgIpc) is 3.50. The summed E-state index contributed by atoms with van der Waals surface area (Å²) in [7, 11) is -3.61. The maximum absolute atomic E-state index is 12.9. The molecule has 2 aliphatic heterocycles. The summed E-state index contributed by atoms with van der Waals surface area (Å²) in [5.74, 6) is -0.0508. The van der Waals surface area contributed by atoms with Crippen LogP contribution in [0.2, 0.25) is 10.0 Å². The number of nitriles is 1. The molecule has 60 heavy (non-hydrogen) atoms. The summed E-state index contributed by atoms with van der Waals surface area (Å²) >= 11 is 14.3. The minimum atomic E-state index is -3.61. The molecule has 3 fully saturated rings. The van der Waals surface area contributed by atoms with Gasteiger partial charge in [0.25, 0.3) is 0 Å². The van der Waals surface area contributed by atoms with Crippen LogP contribution >= 0.6 is 23.2 Å². The molecular weight excluding hydrogens is 824 g/mol. The SMILES string of the molecule is N#Cc1c2c(cc3nc(-c4cccc(-c5cccc(Nc6nccc7cc(CN8CC[C@@H](O)C8)cnc67)c5Cl)c4Cl)oc13)[C@H](N1CC[C@@H](C(=O)NS(=O)(=O)C3CC3)C1)CC2. The predicted molar refractivity (Wildman–Crippen MR) is 229 cm³/mol. The van der Waals surface area contributed by atoms with Crippen molar-refractivity contribution in [3.8, 4) is 28.7 Å². The topological polar surface area (TPSA) is 178 Å². The van der Waals surface area contributed by atoms with Gasteiger partial charge in [-0.25, -0.2) is 18.4 Å². The van der Waals surface area contributed by atoms with Gasteiger partial charge < -0.3 is 14.8 Å². The lowest BCUT2D eigenvalue weighted by molar-refractivity contribution is -0.122. The lowest BCUT2D eigenvalue weighted by atomic mass is 10.0. The number of amides is 1. The maximum Gasteiger partial charge on any atom is 0.237 e. The first-order valence-corrected chi connectivity index (χ1v) is 22.5. The number of carbonyl (C=O) groups is 1. The fourth-order valence-electron chi connectivity index (χ4n) is 9.08. The first-order valence-electron chi connectivity index (χ1n) is 20.2. The number of aliphatic hydroxyl groups excluding tert-OH is 1. The number of nitrogens with one attached hydrogen (secondary N) is 2. The van der Waals surface area contributed by atoms with Gasteiger partial charge in [0.2, 0.25) is 21.8 Å². The predicted octanol–water partition coefficient (Wildman–Crippen LogP) is 7.51. The maximum atomic E-state index is 12.9. The number of likely N-dealkylation sites (tertiary alicyclic amines) is 2. The summed E-state index contributed by atoms with van der Waals surface area (Å²) in [6.45, 7) is 3.30. The van der Waals surface area contributed by atoms with Crippen LogP contribution in [-0.2, 0) is 27.8 Å². The van der Waals surface area contributed by atoms with Gasteiger partial charge in [0.1, 0.15) is 22.7 Å². The van der Waals surface area contributed by atoms with Crippen molar-refractivity contribution in [3.63, 3.8) is 0 Å². The molecule has 0 unspecified atom stereocenters. The molecule has 1 amide bonds. The van der Waals surface area contributed by atoms with Crippen LogP contribution in [0, 0.1) is 17.2 Å². The van der Waals surface area contributed by atoms with E-state index in [1.165, 1.54) is 0 Å². The number of rotatable bonds is 10. The van der Waals surface area contributed by atoms with E-state index >= 15 is 0 Å². The molecule has 13 nitrogen and oxygen atoms in total. The molecule has 16 heteroatoms. The molecule has 2 saturated heterocycles. The molecule has 3 aromatic carbocycles. The fourth-order valence-corrected chi connectivity index (χ4v) is 11.0. The monoisotopic (exact) mass is 862 g/mol. The Morgan fingerprint density at radius 2 is 1.77 bits per heavy atom. The number of oxazole rings is 1. The Kier molecular flexibility index (Phi) is 10.0. The number of halogens is 2. The number of hydrogen-bond donors (Lipinski definition) is 3. The van der Waals surface area contributed by atoms with Crippen molar-refractivity contribution < 1.29 is 22.7 Å². The number of β-amino-alcohol motifs (C(OH)–C–C–N with tert-alkyl or cyclic N) is 1. The van der Waals surface area contributed by atoms with Crippen LogP contribution < -0.4 is 10.0 Å². The van der Waals surface area contributed by atoms with Crippen LogP contribution in [0.1, 0.15) is 60.4 Å². The third kappa shape index (κ3) is 7.17. The number of anilines is 2. The minimum absolute atomic E-state index is 0.0441. The van der Waals surface area contributed by atoms with E-state index < -0.39 is 27.1 Å². The van der Waals surface area contributed by atoms with Crippen LogP contribution in [0.4, 0.5) is 11.5 Å².